The van der Waals surface area contributed by atoms with E-state index in [9.17, 15) is 4.79 Å². The number of carbonyl (C=O) groups is 1. The monoisotopic (exact) mass is 238 g/mol. The molecular formula is C12H11ClO3. The van der Waals surface area contributed by atoms with Crippen molar-refractivity contribution >= 4 is 17.9 Å². The van der Waals surface area contributed by atoms with E-state index >= 15 is 0 Å². The van der Waals surface area contributed by atoms with E-state index in [2.05, 4.69) is 5.92 Å². The van der Waals surface area contributed by atoms with Crippen LogP contribution in [0.15, 0.2) is 12.1 Å². The van der Waals surface area contributed by atoms with Gasteiger partial charge in [0.15, 0.2) is 17.8 Å². The van der Waals surface area contributed by atoms with E-state index in [1.54, 1.807) is 6.07 Å². The van der Waals surface area contributed by atoms with E-state index < -0.39 is 0 Å². The molecular weight excluding hydrogens is 228 g/mol. The smallest absolute Gasteiger partial charge is 0.171 e. The molecule has 1 aromatic carbocycles. The standard InChI is InChI=1S/C12H11ClO3/c1-3-4-5-16-12-9(8-14)6-10(13)7-11(12)15-2/h1,6-8H,4-5H2,2H3. The summed E-state index contributed by atoms with van der Waals surface area (Å²) in [7, 11) is 1.48. The van der Waals surface area contributed by atoms with E-state index in [-0.39, 0.29) is 0 Å². The number of halogens is 1. The van der Waals surface area contributed by atoms with E-state index in [1.165, 1.54) is 13.2 Å². The van der Waals surface area contributed by atoms with Gasteiger partial charge in [-0.15, -0.1) is 12.3 Å². The summed E-state index contributed by atoms with van der Waals surface area (Å²) >= 11 is 5.81. The Balaban J connectivity index is 3.03. The molecule has 0 N–H and O–H groups in total. The first-order valence-corrected chi connectivity index (χ1v) is 4.99. The van der Waals surface area contributed by atoms with Crippen LogP contribution in [-0.4, -0.2) is 20.0 Å². The average molecular weight is 239 g/mol. The zero-order chi connectivity index (χ0) is 12.0. The molecule has 0 aliphatic rings. The molecule has 0 saturated heterocycles. The molecule has 16 heavy (non-hydrogen) atoms. The van der Waals surface area contributed by atoms with Gasteiger partial charge >= 0.3 is 0 Å². The Morgan fingerprint density at radius 2 is 2.31 bits per heavy atom. The van der Waals surface area contributed by atoms with Crippen molar-refractivity contribution in [3.63, 3.8) is 0 Å². The van der Waals surface area contributed by atoms with Crippen molar-refractivity contribution in [3.05, 3.63) is 22.7 Å². The molecule has 0 aliphatic heterocycles. The molecule has 84 valence electrons. The molecule has 0 heterocycles. The van der Waals surface area contributed by atoms with Gasteiger partial charge < -0.3 is 9.47 Å². The summed E-state index contributed by atoms with van der Waals surface area (Å²) in [6, 6.07) is 3.10. The zero-order valence-electron chi connectivity index (χ0n) is 8.83. The number of aldehydes is 1. The first-order chi connectivity index (χ1) is 7.72. The fraction of sp³-hybridized carbons (Fsp3) is 0.250. The molecule has 1 aromatic rings. The summed E-state index contributed by atoms with van der Waals surface area (Å²) in [6.07, 6.45) is 6.23. The van der Waals surface area contributed by atoms with Crippen molar-refractivity contribution in [2.75, 3.05) is 13.7 Å². The van der Waals surface area contributed by atoms with Crippen molar-refractivity contribution in [1.29, 1.82) is 0 Å². The minimum Gasteiger partial charge on any atom is -0.493 e. The normalized spacial score (nSPS) is 9.31. The summed E-state index contributed by atoms with van der Waals surface area (Å²) in [5.41, 5.74) is 0.348. The second-order valence-electron chi connectivity index (χ2n) is 2.95. The Labute approximate surface area is 99.3 Å². The predicted molar refractivity (Wildman–Crippen MR) is 62.3 cm³/mol. The van der Waals surface area contributed by atoms with Crippen molar-refractivity contribution in [3.8, 4) is 23.8 Å². The maximum absolute atomic E-state index is 10.8. The Bertz CT molecular complexity index is 421. The predicted octanol–water partition coefficient (Wildman–Crippen LogP) is 2.56. The van der Waals surface area contributed by atoms with Crippen LogP contribution in [0.4, 0.5) is 0 Å². The van der Waals surface area contributed by atoms with E-state index in [1.807, 2.05) is 0 Å². The van der Waals surface area contributed by atoms with Gasteiger partial charge in [-0.05, 0) is 6.07 Å². The van der Waals surface area contributed by atoms with Crippen molar-refractivity contribution in [2.45, 2.75) is 6.42 Å². The van der Waals surface area contributed by atoms with Gasteiger partial charge in [-0.3, -0.25) is 4.79 Å². The summed E-state index contributed by atoms with van der Waals surface area (Å²) in [5.74, 6) is 3.24. The van der Waals surface area contributed by atoms with Crippen LogP contribution in [-0.2, 0) is 0 Å². The lowest BCUT2D eigenvalue weighted by Crippen LogP contribution is -2.01. The van der Waals surface area contributed by atoms with Crippen molar-refractivity contribution in [1.82, 2.24) is 0 Å². The summed E-state index contributed by atoms with van der Waals surface area (Å²) in [4.78, 5) is 10.8. The molecule has 1 rings (SSSR count). The highest BCUT2D eigenvalue weighted by Gasteiger charge is 2.11. The summed E-state index contributed by atoms with van der Waals surface area (Å²) < 4.78 is 10.5. The van der Waals surface area contributed by atoms with Crippen LogP contribution in [0.3, 0.4) is 0 Å². The molecule has 0 aliphatic carbocycles. The first kappa shape index (κ1) is 12.4. The van der Waals surface area contributed by atoms with Crippen LogP contribution in [0, 0.1) is 12.3 Å². The molecule has 0 amide bonds. The Hall–Kier alpha value is -1.66. The van der Waals surface area contributed by atoms with Gasteiger partial charge in [0.25, 0.3) is 0 Å². The van der Waals surface area contributed by atoms with Crippen molar-refractivity contribution < 1.29 is 14.3 Å². The highest BCUT2D eigenvalue weighted by atomic mass is 35.5. The number of hydrogen-bond donors (Lipinski definition) is 0. The van der Waals surface area contributed by atoms with Crippen LogP contribution < -0.4 is 9.47 Å². The maximum atomic E-state index is 10.8. The number of carbonyl (C=O) groups excluding carboxylic acids is 1. The Morgan fingerprint density at radius 3 is 2.88 bits per heavy atom. The molecule has 0 fully saturated rings. The highest BCUT2D eigenvalue weighted by molar-refractivity contribution is 6.31. The number of methoxy groups -OCH3 is 1. The lowest BCUT2D eigenvalue weighted by Gasteiger charge is -2.12. The topological polar surface area (TPSA) is 35.5 Å². The van der Waals surface area contributed by atoms with Gasteiger partial charge in [-0.2, -0.15) is 0 Å². The molecule has 0 saturated carbocycles. The first-order valence-electron chi connectivity index (χ1n) is 4.62. The fourth-order valence-corrected chi connectivity index (χ4v) is 1.41. The number of benzene rings is 1. The fourth-order valence-electron chi connectivity index (χ4n) is 1.19. The van der Waals surface area contributed by atoms with Gasteiger partial charge in [0, 0.05) is 17.5 Å². The largest absolute Gasteiger partial charge is 0.493 e. The zero-order valence-corrected chi connectivity index (χ0v) is 9.58. The highest BCUT2D eigenvalue weighted by Crippen LogP contribution is 2.33. The van der Waals surface area contributed by atoms with E-state index in [0.29, 0.717) is 41.4 Å². The third kappa shape index (κ3) is 2.91. The Kier molecular flexibility index (Phi) is 4.68. The van der Waals surface area contributed by atoms with Gasteiger partial charge in [-0.25, -0.2) is 0 Å². The molecule has 4 heteroatoms. The van der Waals surface area contributed by atoms with E-state index in [4.69, 9.17) is 27.5 Å². The van der Waals surface area contributed by atoms with Crippen molar-refractivity contribution in [2.24, 2.45) is 0 Å². The number of rotatable bonds is 5. The molecule has 0 bridgehead atoms. The average Bonchev–Trinajstić information content (AvgIpc) is 2.30. The molecule has 0 aromatic heterocycles. The second kappa shape index (κ2) is 6.04. The molecule has 0 unspecified atom stereocenters. The Morgan fingerprint density at radius 1 is 1.56 bits per heavy atom. The van der Waals surface area contributed by atoms with E-state index in [0.717, 1.165) is 0 Å². The molecule has 3 nitrogen and oxygen atoms in total. The third-order valence-electron chi connectivity index (χ3n) is 1.89. The number of ether oxygens (including phenoxy) is 2. The second-order valence-corrected chi connectivity index (χ2v) is 3.38. The number of terminal acetylenes is 1. The van der Waals surface area contributed by atoms with Crippen LogP contribution in [0.1, 0.15) is 16.8 Å². The lowest BCUT2D eigenvalue weighted by atomic mass is 10.2. The van der Waals surface area contributed by atoms with Gasteiger partial charge in [0.05, 0.1) is 19.3 Å². The molecule has 0 spiro atoms. The van der Waals surface area contributed by atoms with Gasteiger partial charge in [0.2, 0.25) is 0 Å². The van der Waals surface area contributed by atoms with Gasteiger partial charge in [0.1, 0.15) is 0 Å². The summed E-state index contributed by atoms with van der Waals surface area (Å²) in [6.45, 7) is 0.329. The van der Waals surface area contributed by atoms with Gasteiger partial charge in [-0.1, -0.05) is 11.6 Å². The quantitative estimate of drug-likeness (QED) is 0.449. The maximum Gasteiger partial charge on any atom is 0.171 e. The molecule has 0 radical (unpaired) electrons. The van der Waals surface area contributed by atoms with Crippen LogP contribution in [0.25, 0.3) is 0 Å². The minimum absolute atomic E-state index is 0.329. The summed E-state index contributed by atoms with van der Waals surface area (Å²) in [5, 5.41) is 0.420. The SMILES string of the molecule is C#CCCOc1c(C=O)cc(Cl)cc1OC. The molecule has 0 atom stereocenters. The minimum atomic E-state index is 0.329. The number of hydrogen-bond acceptors (Lipinski definition) is 3. The third-order valence-corrected chi connectivity index (χ3v) is 2.11. The lowest BCUT2D eigenvalue weighted by molar-refractivity contribution is 0.111. The van der Waals surface area contributed by atoms with Crippen LogP contribution in [0.2, 0.25) is 5.02 Å². The van der Waals surface area contributed by atoms with Crippen LogP contribution >= 0.6 is 11.6 Å². The van der Waals surface area contributed by atoms with Crippen LogP contribution in [0.5, 0.6) is 11.5 Å².